The van der Waals surface area contributed by atoms with Crippen molar-refractivity contribution in [1.29, 1.82) is 0 Å². The zero-order chi connectivity index (χ0) is 20.8. The molecule has 0 radical (unpaired) electrons. The van der Waals surface area contributed by atoms with Gasteiger partial charge in [0, 0.05) is 18.5 Å². The van der Waals surface area contributed by atoms with Gasteiger partial charge in [-0.1, -0.05) is 17.4 Å². The van der Waals surface area contributed by atoms with Crippen LogP contribution < -0.4 is 15.4 Å². The van der Waals surface area contributed by atoms with Gasteiger partial charge in [0.25, 0.3) is 5.91 Å². The third-order valence-electron chi connectivity index (χ3n) is 3.96. The number of anilines is 2. The van der Waals surface area contributed by atoms with Crippen LogP contribution in [0.1, 0.15) is 26.8 Å². The lowest BCUT2D eigenvalue weighted by Crippen LogP contribution is -2.13. The molecule has 0 bridgehead atoms. The number of methoxy groups -OCH3 is 1. The van der Waals surface area contributed by atoms with Gasteiger partial charge in [-0.15, -0.1) is 10.2 Å². The summed E-state index contributed by atoms with van der Waals surface area (Å²) < 4.78 is 18.2. The van der Waals surface area contributed by atoms with Gasteiger partial charge < -0.3 is 15.4 Å². The zero-order valence-electron chi connectivity index (χ0n) is 15.9. The number of hydrogen-bond donors (Lipinski definition) is 2. The monoisotopic (exact) mass is 414 g/mol. The van der Waals surface area contributed by atoms with Crippen LogP contribution in [0.2, 0.25) is 0 Å². The summed E-state index contributed by atoms with van der Waals surface area (Å²) in [5.74, 6) is -0.432. The second kappa shape index (κ2) is 9.24. The van der Waals surface area contributed by atoms with Crippen LogP contribution in [0.4, 0.5) is 15.8 Å². The second-order valence-corrected chi connectivity index (χ2v) is 7.28. The molecular weight excluding hydrogens is 395 g/mol. The summed E-state index contributed by atoms with van der Waals surface area (Å²) in [7, 11) is 1.54. The summed E-state index contributed by atoms with van der Waals surface area (Å²) in [5.41, 5.74) is 2.07. The van der Waals surface area contributed by atoms with Crippen LogP contribution in [0, 0.1) is 12.7 Å². The third-order valence-corrected chi connectivity index (χ3v) is 4.94. The molecule has 0 saturated heterocycles. The average Bonchev–Trinajstić information content (AvgIpc) is 3.18. The number of aryl methyl sites for hydroxylation is 2. The Morgan fingerprint density at radius 1 is 1.10 bits per heavy atom. The predicted octanol–water partition coefficient (Wildman–Crippen LogP) is 3.82. The molecule has 9 heteroatoms. The minimum Gasteiger partial charge on any atom is -0.495 e. The van der Waals surface area contributed by atoms with Crippen LogP contribution in [-0.4, -0.2) is 29.1 Å². The van der Waals surface area contributed by atoms with E-state index >= 15 is 0 Å². The van der Waals surface area contributed by atoms with Crippen LogP contribution in [0.25, 0.3) is 0 Å². The molecule has 2 N–H and O–H groups in total. The van der Waals surface area contributed by atoms with Crippen molar-refractivity contribution >= 4 is 34.5 Å². The van der Waals surface area contributed by atoms with Gasteiger partial charge in [0.2, 0.25) is 10.9 Å². The summed E-state index contributed by atoms with van der Waals surface area (Å²) in [5, 5.41) is 14.0. The van der Waals surface area contributed by atoms with E-state index in [-0.39, 0.29) is 23.2 Å². The number of carbonyl (C=O) groups excluding carboxylic acids is 2. The lowest BCUT2D eigenvalue weighted by molar-refractivity contribution is -0.116. The molecule has 0 saturated carbocycles. The fraction of sp³-hybridized carbons (Fsp3) is 0.200. The average molecular weight is 414 g/mol. The molecular formula is C20H19FN4O3S. The smallest absolute Gasteiger partial charge is 0.286 e. The maximum atomic E-state index is 12.9. The van der Waals surface area contributed by atoms with Crippen molar-refractivity contribution in [2.24, 2.45) is 0 Å². The Morgan fingerprint density at radius 3 is 2.59 bits per heavy atom. The summed E-state index contributed by atoms with van der Waals surface area (Å²) in [6.07, 6.45) is 0.534. The summed E-state index contributed by atoms with van der Waals surface area (Å²) in [4.78, 5) is 24.5. The van der Waals surface area contributed by atoms with Crippen molar-refractivity contribution in [3.63, 3.8) is 0 Å². The van der Waals surface area contributed by atoms with E-state index in [1.165, 1.54) is 24.3 Å². The van der Waals surface area contributed by atoms with E-state index in [2.05, 4.69) is 20.8 Å². The van der Waals surface area contributed by atoms with Crippen molar-refractivity contribution in [1.82, 2.24) is 10.2 Å². The Morgan fingerprint density at radius 2 is 1.86 bits per heavy atom. The van der Waals surface area contributed by atoms with Gasteiger partial charge in [-0.3, -0.25) is 9.59 Å². The summed E-state index contributed by atoms with van der Waals surface area (Å²) in [6, 6.07) is 10.9. The highest BCUT2D eigenvalue weighted by Gasteiger charge is 2.15. The summed E-state index contributed by atoms with van der Waals surface area (Å²) in [6.45, 7) is 1.93. The first kappa shape index (κ1) is 20.4. The number of halogens is 1. The Hall–Kier alpha value is -3.33. The molecule has 7 nitrogen and oxygen atoms in total. The molecule has 0 spiro atoms. The maximum Gasteiger partial charge on any atom is 0.286 e. The number of amides is 2. The molecule has 2 aromatic carbocycles. The molecule has 0 aliphatic rings. The SMILES string of the molecule is COc1ccc(C)cc1NC(=O)CCc1nnc(C(=O)Nc2ccc(F)cc2)s1. The molecule has 0 aliphatic heterocycles. The zero-order valence-corrected chi connectivity index (χ0v) is 16.7. The number of aromatic nitrogens is 2. The largest absolute Gasteiger partial charge is 0.495 e. The molecule has 0 aliphatic carbocycles. The fourth-order valence-corrected chi connectivity index (χ4v) is 3.25. The minimum absolute atomic E-state index is 0.171. The quantitative estimate of drug-likeness (QED) is 0.613. The molecule has 3 aromatic rings. The van der Waals surface area contributed by atoms with Crippen LogP contribution in [-0.2, 0) is 11.2 Å². The third kappa shape index (κ3) is 5.58. The summed E-state index contributed by atoms with van der Waals surface area (Å²) >= 11 is 1.11. The molecule has 0 unspecified atom stereocenters. The number of ether oxygens (including phenoxy) is 1. The van der Waals surface area contributed by atoms with Crippen molar-refractivity contribution in [3.8, 4) is 5.75 Å². The molecule has 1 aromatic heterocycles. The van der Waals surface area contributed by atoms with Gasteiger partial charge in [0.15, 0.2) is 0 Å². The van der Waals surface area contributed by atoms with Crippen LogP contribution in [0.3, 0.4) is 0 Å². The fourth-order valence-electron chi connectivity index (χ4n) is 2.52. The Bertz CT molecular complexity index is 1020. The number of rotatable bonds is 7. The molecule has 150 valence electrons. The maximum absolute atomic E-state index is 12.9. The molecule has 0 atom stereocenters. The predicted molar refractivity (Wildman–Crippen MR) is 109 cm³/mol. The van der Waals surface area contributed by atoms with E-state index in [1.807, 2.05) is 19.1 Å². The number of benzene rings is 2. The van der Waals surface area contributed by atoms with E-state index in [4.69, 9.17) is 4.74 Å². The Labute approximate surface area is 170 Å². The van der Waals surface area contributed by atoms with Crippen LogP contribution in [0.15, 0.2) is 42.5 Å². The number of carbonyl (C=O) groups is 2. The van der Waals surface area contributed by atoms with Crippen LogP contribution >= 0.6 is 11.3 Å². The van der Waals surface area contributed by atoms with Gasteiger partial charge in [0.05, 0.1) is 12.8 Å². The second-order valence-electron chi connectivity index (χ2n) is 6.21. The molecule has 29 heavy (non-hydrogen) atoms. The first-order valence-corrected chi connectivity index (χ1v) is 9.60. The first-order valence-electron chi connectivity index (χ1n) is 8.78. The Kier molecular flexibility index (Phi) is 6.50. The molecule has 3 rings (SSSR count). The molecule has 2 amide bonds. The normalized spacial score (nSPS) is 10.4. The number of nitrogens with one attached hydrogen (secondary N) is 2. The topological polar surface area (TPSA) is 93.2 Å². The van der Waals surface area contributed by atoms with Crippen molar-refractivity contribution in [2.45, 2.75) is 19.8 Å². The Balaban J connectivity index is 1.55. The molecule has 0 fully saturated rings. The van der Waals surface area contributed by atoms with Gasteiger partial charge in [-0.2, -0.15) is 0 Å². The van der Waals surface area contributed by atoms with Gasteiger partial charge >= 0.3 is 0 Å². The van der Waals surface area contributed by atoms with Crippen molar-refractivity contribution < 1.29 is 18.7 Å². The van der Waals surface area contributed by atoms with Crippen molar-refractivity contribution in [2.75, 3.05) is 17.7 Å². The van der Waals surface area contributed by atoms with E-state index < -0.39 is 5.91 Å². The van der Waals surface area contributed by atoms with E-state index in [0.717, 1.165) is 16.9 Å². The van der Waals surface area contributed by atoms with E-state index in [1.54, 1.807) is 13.2 Å². The minimum atomic E-state index is -0.436. The lowest BCUT2D eigenvalue weighted by Gasteiger charge is -2.10. The van der Waals surface area contributed by atoms with E-state index in [0.29, 0.717) is 28.6 Å². The highest BCUT2D eigenvalue weighted by molar-refractivity contribution is 7.13. The standard InChI is InChI=1S/C20H19FN4O3S/c1-12-3-8-16(28-2)15(11-12)23-17(26)9-10-18-24-25-20(29-18)19(27)22-14-6-4-13(21)5-7-14/h3-8,11H,9-10H2,1-2H3,(H,22,27)(H,23,26). The molecule has 1 heterocycles. The number of nitrogens with zero attached hydrogens (tertiary/aromatic N) is 2. The number of hydrogen-bond acceptors (Lipinski definition) is 6. The highest BCUT2D eigenvalue weighted by Crippen LogP contribution is 2.25. The van der Waals surface area contributed by atoms with Crippen molar-refractivity contribution in [3.05, 3.63) is 63.9 Å². The van der Waals surface area contributed by atoms with Crippen LogP contribution in [0.5, 0.6) is 5.75 Å². The lowest BCUT2D eigenvalue weighted by atomic mass is 10.2. The van der Waals surface area contributed by atoms with Gasteiger partial charge in [0.1, 0.15) is 16.6 Å². The van der Waals surface area contributed by atoms with E-state index in [9.17, 15) is 14.0 Å². The highest BCUT2D eigenvalue weighted by atomic mass is 32.1. The first-order chi connectivity index (χ1) is 13.9. The van der Waals surface area contributed by atoms with Gasteiger partial charge in [-0.25, -0.2) is 4.39 Å². The van der Waals surface area contributed by atoms with Gasteiger partial charge in [-0.05, 0) is 48.9 Å².